The molecule has 6 heteroatoms. The number of nitrogens with zero attached hydrogens (tertiary/aromatic N) is 1. The lowest BCUT2D eigenvalue weighted by atomic mass is 9.97. The molecular formula is C14H28N4O2. The third kappa shape index (κ3) is 6.34. The molecule has 0 radical (unpaired) electrons. The van der Waals surface area contributed by atoms with E-state index in [0.29, 0.717) is 18.5 Å². The van der Waals surface area contributed by atoms with Crippen LogP contribution in [0.5, 0.6) is 0 Å². The van der Waals surface area contributed by atoms with Gasteiger partial charge >= 0.3 is 6.03 Å². The summed E-state index contributed by atoms with van der Waals surface area (Å²) in [6.07, 6.45) is 2.31. The molecule has 0 spiro atoms. The second-order valence-electron chi connectivity index (χ2n) is 5.62. The highest BCUT2D eigenvalue weighted by molar-refractivity contribution is 5.95. The number of nitrogens with one attached hydrogen (secondary N) is 3. The first-order chi connectivity index (χ1) is 9.52. The van der Waals surface area contributed by atoms with Crippen molar-refractivity contribution < 1.29 is 9.59 Å². The lowest BCUT2D eigenvalue weighted by Crippen LogP contribution is -2.48. The minimum absolute atomic E-state index is 0.237. The van der Waals surface area contributed by atoms with Gasteiger partial charge in [0.25, 0.3) is 0 Å². The molecular weight excluding hydrogens is 256 g/mol. The maximum Gasteiger partial charge on any atom is 0.321 e. The number of amides is 3. The van der Waals surface area contributed by atoms with Crippen LogP contribution >= 0.6 is 0 Å². The van der Waals surface area contributed by atoms with Gasteiger partial charge in [-0.2, -0.15) is 0 Å². The highest BCUT2D eigenvalue weighted by Gasteiger charge is 2.21. The molecule has 1 rings (SSSR count). The monoisotopic (exact) mass is 284 g/mol. The van der Waals surface area contributed by atoms with Gasteiger partial charge in [0.15, 0.2) is 0 Å². The van der Waals surface area contributed by atoms with Gasteiger partial charge in [-0.3, -0.25) is 15.0 Å². The van der Waals surface area contributed by atoms with Gasteiger partial charge in [-0.1, -0.05) is 0 Å². The topological polar surface area (TPSA) is 73.5 Å². The number of hydrogen-bond acceptors (Lipinski definition) is 4. The average molecular weight is 284 g/mol. The Kier molecular flexibility index (Phi) is 7.54. The SMILES string of the molecule is CCNC(=O)NC(=O)CN(CC1CCNCC1)C(C)C. The van der Waals surface area contributed by atoms with Gasteiger partial charge in [-0.25, -0.2) is 4.79 Å². The van der Waals surface area contributed by atoms with E-state index in [2.05, 4.69) is 34.7 Å². The van der Waals surface area contributed by atoms with E-state index in [9.17, 15) is 9.59 Å². The van der Waals surface area contributed by atoms with E-state index in [1.54, 1.807) is 0 Å². The van der Waals surface area contributed by atoms with E-state index in [-0.39, 0.29) is 12.5 Å². The highest BCUT2D eigenvalue weighted by Crippen LogP contribution is 2.14. The molecule has 0 bridgehead atoms. The minimum Gasteiger partial charge on any atom is -0.338 e. The van der Waals surface area contributed by atoms with Crippen molar-refractivity contribution in [2.45, 2.75) is 39.7 Å². The Balaban J connectivity index is 2.41. The fourth-order valence-electron chi connectivity index (χ4n) is 2.41. The Morgan fingerprint density at radius 1 is 1.30 bits per heavy atom. The van der Waals surface area contributed by atoms with Crippen molar-refractivity contribution in [2.24, 2.45) is 5.92 Å². The molecule has 0 aliphatic carbocycles. The Morgan fingerprint density at radius 2 is 1.95 bits per heavy atom. The standard InChI is InChI=1S/C14H28N4O2/c1-4-16-14(20)17-13(19)10-18(11(2)3)9-12-5-7-15-8-6-12/h11-12,15H,4-10H2,1-3H3,(H2,16,17,19,20). The van der Waals surface area contributed by atoms with Crippen molar-refractivity contribution in [1.82, 2.24) is 20.9 Å². The molecule has 0 atom stereocenters. The Hall–Kier alpha value is -1.14. The Morgan fingerprint density at radius 3 is 2.50 bits per heavy atom. The zero-order chi connectivity index (χ0) is 15.0. The number of imide groups is 1. The van der Waals surface area contributed by atoms with Crippen LogP contribution in [0.2, 0.25) is 0 Å². The summed E-state index contributed by atoms with van der Waals surface area (Å²) >= 11 is 0. The smallest absolute Gasteiger partial charge is 0.321 e. The predicted molar refractivity (Wildman–Crippen MR) is 79.5 cm³/mol. The van der Waals surface area contributed by atoms with Crippen LogP contribution in [-0.4, -0.2) is 55.6 Å². The molecule has 116 valence electrons. The largest absolute Gasteiger partial charge is 0.338 e. The first-order valence-corrected chi connectivity index (χ1v) is 7.55. The molecule has 1 aliphatic rings. The summed E-state index contributed by atoms with van der Waals surface area (Å²) < 4.78 is 0. The van der Waals surface area contributed by atoms with Crippen LogP contribution in [0.3, 0.4) is 0 Å². The summed E-state index contributed by atoms with van der Waals surface area (Å²) in [5, 5.41) is 8.27. The van der Waals surface area contributed by atoms with E-state index in [1.807, 2.05) is 6.92 Å². The van der Waals surface area contributed by atoms with Crippen LogP contribution in [0.15, 0.2) is 0 Å². The van der Waals surface area contributed by atoms with Crippen LogP contribution in [-0.2, 0) is 4.79 Å². The second kappa shape index (κ2) is 8.92. The average Bonchev–Trinajstić information content (AvgIpc) is 2.39. The maximum atomic E-state index is 11.9. The number of hydrogen-bond donors (Lipinski definition) is 3. The van der Waals surface area contributed by atoms with Gasteiger partial charge in [0, 0.05) is 19.1 Å². The fraction of sp³-hybridized carbons (Fsp3) is 0.857. The normalized spacial score (nSPS) is 16.4. The molecule has 6 nitrogen and oxygen atoms in total. The van der Waals surface area contributed by atoms with E-state index >= 15 is 0 Å². The van der Waals surface area contributed by atoms with Gasteiger partial charge in [-0.15, -0.1) is 0 Å². The van der Waals surface area contributed by atoms with Crippen LogP contribution in [0.1, 0.15) is 33.6 Å². The molecule has 20 heavy (non-hydrogen) atoms. The minimum atomic E-state index is -0.414. The van der Waals surface area contributed by atoms with Crippen molar-refractivity contribution in [2.75, 3.05) is 32.7 Å². The van der Waals surface area contributed by atoms with Crippen molar-refractivity contribution in [1.29, 1.82) is 0 Å². The lowest BCUT2D eigenvalue weighted by Gasteiger charge is -2.32. The summed E-state index contributed by atoms with van der Waals surface area (Å²) in [6.45, 7) is 9.81. The summed E-state index contributed by atoms with van der Waals surface area (Å²) in [5.74, 6) is 0.398. The first kappa shape index (κ1) is 16.9. The van der Waals surface area contributed by atoms with E-state index in [0.717, 1.165) is 32.5 Å². The van der Waals surface area contributed by atoms with Crippen LogP contribution in [0.4, 0.5) is 4.79 Å². The second-order valence-corrected chi connectivity index (χ2v) is 5.62. The molecule has 3 N–H and O–H groups in total. The third-order valence-electron chi connectivity index (χ3n) is 3.62. The van der Waals surface area contributed by atoms with Gasteiger partial charge in [-0.05, 0) is 52.6 Å². The molecule has 1 saturated heterocycles. The quantitative estimate of drug-likeness (QED) is 0.666. The fourth-order valence-corrected chi connectivity index (χ4v) is 2.41. The van der Waals surface area contributed by atoms with Gasteiger partial charge in [0.2, 0.25) is 5.91 Å². The molecule has 3 amide bonds. The summed E-state index contributed by atoms with van der Waals surface area (Å²) in [6, 6.07) is -0.118. The zero-order valence-electron chi connectivity index (χ0n) is 12.9. The van der Waals surface area contributed by atoms with Crippen molar-refractivity contribution >= 4 is 11.9 Å². The van der Waals surface area contributed by atoms with Crippen molar-refractivity contribution in [3.8, 4) is 0 Å². The molecule has 0 unspecified atom stereocenters. The van der Waals surface area contributed by atoms with E-state index in [4.69, 9.17) is 0 Å². The molecule has 1 aliphatic heterocycles. The van der Waals surface area contributed by atoms with Crippen LogP contribution < -0.4 is 16.0 Å². The number of piperidine rings is 1. The van der Waals surface area contributed by atoms with Crippen LogP contribution in [0.25, 0.3) is 0 Å². The van der Waals surface area contributed by atoms with Crippen molar-refractivity contribution in [3.05, 3.63) is 0 Å². The van der Waals surface area contributed by atoms with E-state index < -0.39 is 6.03 Å². The highest BCUT2D eigenvalue weighted by atomic mass is 16.2. The number of rotatable bonds is 6. The summed E-state index contributed by atoms with van der Waals surface area (Å²) in [7, 11) is 0. The number of carbonyl (C=O) groups is 2. The summed E-state index contributed by atoms with van der Waals surface area (Å²) in [4.78, 5) is 25.3. The Bertz CT molecular complexity index is 314. The molecule has 0 saturated carbocycles. The molecule has 0 aromatic rings. The molecule has 0 aromatic carbocycles. The maximum absolute atomic E-state index is 11.9. The lowest BCUT2D eigenvalue weighted by molar-refractivity contribution is -0.121. The van der Waals surface area contributed by atoms with Crippen molar-refractivity contribution in [3.63, 3.8) is 0 Å². The number of carbonyl (C=O) groups excluding carboxylic acids is 2. The zero-order valence-corrected chi connectivity index (χ0v) is 12.9. The van der Waals surface area contributed by atoms with E-state index in [1.165, 1.54) is 0 Å². The van der Waals surface area contributed by atoms with Crippen LogP contribution in [0, 0.1) is 5.92 Å². The number of urea groups is 1. The Labute approximate surface area is 121 Å². The summed E-state index contributed by atoms with van der Waals surface area (Å²) in [5.41, 5.74) is 0. The first-order valence-electron chi connectivity index (χ1n) is 7.55. The van der Waals surface area contributed by atoms with Gasteiger partial charge in [0.05, 0.1) is 6.54 Å². The third-order valence-corrected chi connectivity index (χ3v) is 3.62. The molecule has 1 heterocycles. The van der Waals surface area contributed by atoms with Gasteiger partial charge < -0.3 is 10.6 Å². The molecule has 1 fully saturated rings. The predicted octanol–water partition coefficient (Wildman–Crippen LogP) is 0.542. The molecule has 0 aromatic heterocycles. The van der Waals surface area contributed by atoms with Gasteiger partial charge in [0.1, 0.15) is 0 Å².